The van der Waals surface area contributed by atoms with Crippen molar-refractivity contribution in [2.45, 2.75) is 4.90 Å². The van der Waals surface area contributed by atoms with Crippen LogP contribution in [0.4, 0.5) is 0 Å². The lowest BCUT2D eigenvalue weighted by Crippen LogP contribution is -2.46. The van der Waals surface area contributed by atoms with Crippen LogP contribution < -0.4 is 15.7 Å². The van der Waals surface area contributed by atoms with Crippen molar-refractivity contribution in [3.05, 3.63) is 175 Å². The van der Waals surface area contributed by atoms with Gasteiger partial charge in [0.2, 0.25) is 0 Å². The Hall–Kier alpha value is -6.43. The number of benzene rings is 8. The lowest BCUT2D eigenvalue weighted by atomic mass is 9.57. The van der Waals surface area contributed by atoms with Gasteiger partial charge in [-0.3, -0.25) is 0 Å². The van der Waals surface area contributed by atoms with Crippen LogP contribution >= 0.6 is 11.6 Å². The smallest absolute Gasteiger partial charge is 0.289 e. The van der Waals surface area contributed by atoms with Crippen LogP contribution in [-0.2, 0) is 0 Å². The minimum absolute atomic E-state index is 0.176. The standard InChI is InChI=1S/C48H29BN2OS/c1-7-19-40(51-43-22-10-4-16-35(43)36-17-5-11-23-44(36)51)32(13-1)30-27-38-37-29-31(50-41-20-8-2-14-33(41)34-15-3-9-21-42(34)50)25-26-47(37)53-49-39-18-6-12-24-45(39)52-46(28-30)48(38)49/h1-29H/i1D,2D,3D,4D,5D,6D,7D,8D,9D,10D,11D,12D,13D,14D,16D,17D,18D,19D,20D,21D,22D,23D,24D,25D,26D,27D,28D,29D. The largest absolute Gasteiger partial charge is 0.458 e. The van der Waals surface area contributed by atoms with Crippen molar-refractivity contribution < 1.29 is 43.1 Å². The predicted molar refractivity (Wildman–Crippen MR) is 223 cm³/mol. The quantitative estimate of drug-likeness (QED) is 0.169. The van der Waals surface area contributed by atoms with Crippen LogP contribution in [0.15, 0.2) is 180 Å². The third-order valence-electron chi connectivity index (χ3n) is 9.17. The lowest BCUT2D eigenvalue weighted by Gasteiger charge is -2.33. The normalized spacial score (nSPS) is 20.3. The van der Waals surface area contributed by atoms with Gasteiger partial charge in [-0.05, 0) is 94.1 Å². The second-order valence-corrected chi connectivity index (χ2v) is 13.0. The Balaban J connectivity index is 1.32. The zero-order valence-electron chi connectivity index (χ0n) is 54.4. The van der Waals surface area contributed by atoms with Crippen molar-refractivity contribution in [1.29, 1.82) is 0 Å². The summed E-state index contributed by atoms with van der Waals surface area (Å²) in [7, 11) is 0. The molecule has 0 fully saturated rings. The van der Waals surface area contributed by atoms with Crippen LogP contribution in [0.5, 0.6) is 11.5 Å². The Morgan fingerprint density at radius 1 is 0.491 bits per heavy atom. The highest BCUT2D eigenvalue weighted by Crippen LogP contribution is 2.47. The number of rotatable bonds is 3. The summed E-state index contributed by atoms with van der Waals surface area (Å²) in [4.78, 5) is -0.331. The Morgan fingerprint density at radius 2 is 1.11 bits per heavy atom. The van der Waals surface area contributed by atoms with Crippen LogP contribution in [0.1, 0.15) is 38.4 Å². The second kappa shape index (κ2) is 11.0. The zero-order valence-corrected chi connectivity index (χ0v) is 27.2. The summed E-state index contributed by atoms with van der Waals surface area (Å²) in [6.45, 7) is 0. The number of aromatic nitrogens is 2. The molecule has 0 atom stereocenters. The summed E-state index contributed by atoms with van der Waals surface area (Å²) in [5.41, 5.74) is -6.79. The number of fused-ring (bicyclic) bond motifs is 10. The molecule has 12 rings (SSSR count). The highest BCUT2D eigenvalue weighted by atomic mass is 32.2. The van der Waals surface area contributed by atoms with Gasteiger partial charge in [0.05, 0.1) is 66.1 Å². The van der Waals surface area contributed by atoms with Gasteiger partial charge in [0.25, 0.3) is 5.99 Å². The fraction of sp³-hybridized carbons (Fsp3) is 0. The molecule has 8 aromatic carbocycles. The van der Waals surface area contributed by atoms with E-state index in [1.807, 2.05) is 0 Å². The number of hydrogen-bond acceptors (Lipinski definition) is 2. The van der Waals surface area contributed by atoms with Crippen LogP contribution in [-0.4, -0.2) is 15.1 Å². The van der Waals surface area contributed by atoms with Crippen molar-refractivity contribution >= 4 is 72.1 Å². The van der Waals surface area contributed by atoms with Gasteiger partial charge in [-0.15, -0.1) is 0 Å². The topological polar surface area (TPSA) is 19.1 Å². The molecule has 0 amide bonds. The van der Waals surface area contributed by atoms with E-state index in [0.717, 1.165) is 15.2 Å². The molecule has 0 aliphatic carbocycles. The number of hydrogen-bond donors (Lipinski definition) is 0. The minimum atomic E-state index is -1.49. The summed E-state index contributed by atoms with van der Waals surface area (Å²) in [6, 6.07) is -22.1. The monoisotopic (exact) mass is 720 g/mol. The molecule has 3 nitrogen and oxygen atoms in total. The number of ether oxygens (including phenoxy) is 1. The highest BCUT2D eigenvalue weighted by Gasteiger charge is 2.39. The fourth-order valence-electron chi connectivity index (χ4n) is 7.00. The minimum Gasteiger partial charge on any atom is -0.458 e. The highest BCUT2D eigenvalue weighted by molar-refractivity contribution is 8.28. The van der Waals surface area contributed by atoms with Gasteiger partial charge in [-0.25, -0.2) is 0 Å². The molecule has 0 radical (unpaired) electrons. The molecule has 0 spiro atoms. The van der Waals surface area contributed by atoms with E-state index in [2.05, 4.69) is 0 Å². The summed E-state index contributed by atoms with van der Waals surface area (Å²) in [5, 5.41) is -1.49. The van der Waals surface area contributed by atoms with Gasteiger partial charge in [-0.2, -0.15) is 11.6 Å². The Labute approximate surface area is 350 Å². The van der Waals surface area contributed by atoms with Crippen LogP contribution in [0.25, 0.3) is 77.2 Å². The summed E-state index contributed by atoms with van der Waals surface area (Å²) in [6.07, 6.45) is 0. The van der Waals surface area contributed by atoms with Gasteiger partial charge in [0, 0.05) is 37.7 Å². The lowest BCUT2D eigenvalue weighted by molar-refractivity contribution is 0.488. The molecule has 246 valence electrons. The van der Waals surface area contributed by atoms with Crippen molar-refractivity contribution in [2.24, 2.45) is 0 Å². The maximum atomic E-state index is 10.4. The van der Waals surface area contributed by atoms with E-state index in [1.165, 1.54) is 0 Å². The summed E-state index contributed by atoms with van der Waals surface area (Å²) in [5.74, 6) is -2.69. The Kier molecular flexibility index (Phi) is 2.75. The van der Waals surface area contributed by atoms with Crippen LogP contribution in [0.2, 0.25) is 0 Å². The van der Waals surface area contributed by atoms with Gasteiger partial charge in [0.15, 0.2) is 0 Å². The summed E-state index contributed by atoms with van der Waals surface area (Å²) < 4.78 is 264. The Morgan fingerprint density at radius 3 is 1.91 bits per heavy atom. The van der Waals surface area contributed by atoms with Crippen LogP contribution in [0.3, 0.4) is 0 Å². The average molecular weight is 721 g/mol. The second-order valence-electron chi connectivity index (χ2n) is 11.9. The van der Waals surface area contributed by atoms with E-state index in [4.69, 9.17) is 30.8 Å². The molecule has 4 heterocycles. The van der Waals surface area contributed by atoms with E-state index in [0.29, 0.717) is 11.6 Å². The van der Waals surface area contributed by atoms with E-state index < -0.39 is 253 Å². The Bertz CT molecular complexity index is 4690. The number of para-hydroxylation sites is 6. The van der Waals surface area contributed by atoms with Crippen molar-refractivity contribution in [3.63, 3.8) is 0 Å². The predicted octanol–water partition coefficient (Wildman–Crippen LogP) is 11.5. The summed E-state index contributed by atoms with van der Waals surface area (Å²) >= 11 is 0.661. The zero-order chi connectivity index (χ0) is 59.0. The SMILES string of the molecule is [2H]c1cc2c3c([2H])c([2H])c([2H])c([2H])c3n(-c3c([2H])c([2H])c4c(c3[2H])-c3c([2H])c(-c5c([2H])c([2H])c([2H])c([2H])c5-n5c6c([2H])c([2H])c([2H])c([2H])c6c6c([2H])c([2H])c([2H])c([2H])c65)c([2H])c5c3B(S4)c3c([2H])c([2H])c([2H])c([2H])c3O5)c2c([2H])c1[2H]. The maximum Gasteiger partial charge on any atom is 0.289 e. The molecule has 5 heteroatoms. The first-order valence-corrected chi connectivity index (χ1v) is 16.7. The fourth-order valence-corrected chi connectivity index (χ4v) is 8.24. The van der Waals surface area contributed by atoms with Crippen molar-refractivity contribution in [2.75, 3.05) is 0 Å². The third-order valence-corrected chi connectivity index (χ3v) is 10.4. The first-order chi connectivity index (χ1) is 37.9. The first kappa shape index (κ1) is 13.2. The van der Waals surface area contributed by atoms with Gasteiger partial charge in [-0.1, -0.05) is 109 Å². The van der Waals surface area contributed by atoms with Gasteiger partial charge in [0.1, 0.15) is 11.5 Å². The van der Waals surface area contributed by atoms with E-state index in [9.17, 15) is 12.3 Å². The molecule has 53 heavy (non-hydrogen) atoms. The molecule has 0 N–H and O–H groups in total. The van der Waals surface area contributed by atoms with Crippen LogP contribution in [0, 0.1) is 0 Å². The molecule has 2 aliphatic rings. The van der Waals surface area contributed by atoms with E-state index in [1.54, 1.807) is 0 Å². The molecular weight excluding hydrogens is 663 g/mol. The molecule has 0 unspecified atom stereocenters. The molecule has 10 aromatic rings. The van der Waals surface area contributed by atoms with E-state index >= 15 is 0 Å². The van der Waals surface area contributed by atoms with Gasteiger partial charge >= 0.3 is 0 Å². The third kappa shape index (κ3) is 4.14. The molecule has 0 saturated heterocycles. The molecular formula is C48H29BN2OS. The number of nitrogens with zero attached hydrogens (tertiary/aromatic N) is 2. The molecule has 0 saturated carbocycles. The average Bonchev–Trinajstić information content (AvgIpc) is 4.18. The molecule has 2 aromatic heterocycles. The van der Waals surface area contributed by atoms with Crippen molar-refractivity contribution in [1.82, 2.24) is 9.13 Å². The first-order valence-electron chi connectivity index (χ1n) is 29.8. The van der Waals surface area contributed by atoms with Crippen molar-refractivity contribution in [3.8, 4) is 45.1 Å². The van der Waals surface area contributed by atoms with E-state index in [-0.39, 0.29) is 26.6 Å². The molecule has 0 bridgehead atoms. The van der Waals surface area contributed by atoms with Gasteiger partial charge < -0.3 is 13.9 Å². The molecule has 2 aliphatic heterocycles. The maximum absolute atomic E-state index is 10.4.